The Balaban J connectivity index is 1.10. The molecule has 10 rings (SSSR count). The minimum absolute atomic E-state index is 0.00891. The lowest BCUT2D eigenvalue weighted by atomic mass is 9.51. The van der Waals surface area contributed by atoms with Crippen molar-refractivity contribution in [2.75, 3.05) is 9.80 Å². The number of rotatable bonds is 5. The molecule has 2 aliphatic heterocycles. The van der Waals surface area contributed by atoms with Gasteiger partial charge in [-0.15, -0.1) is 11.3 Å². The standard InChI is InChI=1S/C46H37ClN4O6S/c1-22-32-19-26(47)12-18-36(32)58-41(22)35-21-37(49(4)48-35)51-43(55)34-20-33-29(39(46(34,3)45(51)57)31-15-11-25-7-5-6-8-28(25)40(31)53)16-17-30-38(33)44(56)50(42(30)54)27-13-9-24(10-14-27)23(2)52/h5-16,18-19,21,30,33-34,38-39,53H,17,20H2,1-4H3. The molecule has 4 aliphatic rings. The average molecular weight is 809 g/mol. The fraction of sp³-hybridized carbons (Fsp3) is 0.261. The Kier molecular flexibility index (Phi) is 8.04. The van der Waals surface area contributed by atoms with Gasteiger partial charge in [-0.3, -0.25) is 33.6 Å². The van der Waals surface area contributed by atoms with Gasteiger partial charge in [0.05, 0.1) is 33.7 Å². The number of Topliss-reactive ketones (excluding diaryl/α,β-unsaturated/α-hetero) is 1. The van der Waals surface area contributed by atoms with E-state index in [-0.39, 0.29) is 36.2 Å². The fourth-order valence-electron chi connectivity index (χ4n) is 10.4. The number of anilines is 2. The molecule has 2 aromatic heterocycles. The summed E-state index contributed by atoms with van der Waals surface area (Å²) in [6.45, 7) is 5.26. The second-order valence-electron chi connectivity index (χ2n) is 16.2. The summed E-state index contributed by atoms with van der Waals surface area (Å²) in [5.74, 6) is -5.08. The quantitative estimate of drug-likeness (QED) is 0.105. The number of amides is 4. The fourth-order valence-corrected chi connectivity index (χ4v) is 11.7. The summed E-state index contributed by atoms with van der Waals surface area (Å²) in [5.41, 5.74) is 2.34. The highest BCUT2D eigenvalue weighted by Gasteiger charge is 2.68. The molecule has 6 aromatic rings. The molecule has 290 valence electrons. The van der Waals surface area contributed by atoms with E-state index in [9.17, 15) is 19.5 Å². The Morgan fingerprint density at radius 1 is 0.897 bits per heavy atom. The molecule has 10 nitrogen and oxygen atoms in total. The smallest absolute Gasteiger partial charge is 0.242 e. The van der Waals surface area contributed by atoms with E-state index in [1.807, 2.05) is 74.5 Å². The number of benzene rings is 4. The van der Waals surface area contributed by atoms with Crippen LogP contribution in [0.1, 0.15) is 54.1 Å². The summed E-state index contributed by atoms with van der Waals surface area (Å²) in [6.07, 6.45) is 2.39. The second-order valence-corrected chi connectivity index (χ2v) is 17.7. The molecule has 1 saturated carbocycles. The van der Waals surface area contributed by atoms with Gasteiger partial charge in [0.25, 0.3) is 0 Å². The maximum absolute atomic E-state index is 15.3. The van der Waals surface area contributed by atoms with Crippen molar-refractivity contribution < 1.29 is 29.1 Å². The highest BCUT2D eigenvalue weighted by Crippen LogP contribution is 2.65. The summed E-state index contributed by atoms with van der Waals surface area (Å²) >= 11 is 7.89. The number of allylic oxidation sites excluding steroid dienone is 2. The first-order valence-corrected chi connectivity index (χ1v) is 20.5. The molecule has 2 aliphatic carbocycles. The molecule has 0 radical (unpaired) electrons. The van der Waals surface area contributed by atoms with Gasteiger partial charge in [0.2, 0.25) is 23.6 Å². The van der Waals surface area contributed by atoms with Crippen molar-refractivity contribution in [3.8, 4) is 16.3 Å². The first-order valence-electron chi connectivity index (χ1n) is 19.3. The lowest BCUT2D eigenvalue weighted by molar-refractivity contribution is -0.131. The molecule has 6 unspecified atom stereocenters. The third-order valence-electron chi connectivity index (χ3n) is 13.3. The van der Waals surface area contributed by atoms with Crippen molar-refractivity contribution in [1.82, 2.24) is 9.78 Å². The molecule has 12 heteroatoms. The lowest BCUT2D eigenvalue weighted by Crippen LogP contribution is -2.49. The van der Waals surface area contributed by atoms with E-state index in [1.165, 1.54) is 16.7 Å². The number of carbonyl (C=O) groups excluding carboxylic acids is 5. The molecule has 6 atom stereocenters. The largest absolute Gasteiger partial charge is 0.507 e. The molecule has 58 heavy (non-hydrogen) atoms. The van der Waals surface area contributed by atoms with E-state index in [0.29, 0.717) is 38.7 Å². The van der Waals surface area contributed by atoms with E-state index in [0.717, 1.165) is 31.5 Å². The zero-order valence-corrected chi connectivity index (χ0v) is 33.6. The molecular weight excluding hydrogens is 772 g/mol. The van der Waals surface area contributed by atoms with Gasteiger partial charge in [0.15, 0.2) is 5.78 Å². The number of fused-ring (bicyclic) bond motifs is 6. The van der Waals surface area contributed by atoms with E-state index in [2.05, 4.69) is 0 Å². The summed E-state index contributed by atoms with van der Waals surface area (Å²) in [7, 11) is 1.71. The van der Waals surface area contributed by atoms with Gasteiger partial charge in [-0.1, -0.05) is 59.6 Å². The van der Waals surface area contributed by atoms with E-state index in [1.54, 1.807) is 53.4 Å². The SMILES string of the molecule is CC(=O)c1ccc(N2C(=O)C3CC=C4C(CC5C(=O)N(c6cc(-c7sc8ccc(Cl)cc8c7C)nn6C)C(=O)C5(C)C4c4ccc5ccccc5c4O)C3C2=O)cc1. The molecule has 0 bridgehead atoms. The zero-order valence-electron chi connectivity index (χ0n) is 32.0. The van der Waals surface area contributed by atoms with E-state index < -0.39 is 46.8 Å². The Hall–Kier alpha value is -5.91. The minimum atomic E-state index is -1.37. The van der Waals surface area contributed by atoms with Gasteiger partial charge in [0, 0.05) is 45.3 Å². The number of hydrogen-bond acceptors (Lipinski definition) is 8. The third kappa shape index (κ3) is 4.95. The number of halogens is 1. The maximum atomic E-state index is 15.3. The molecule has 4 amide bonds. The lowest BCUT2D eigenvalue weighted by Gasteiger charge is -2.49. The Bertz CT molecular complexity index is 2880. The number of carbonyl (C=O) groups is 5. The number of aromatic hydroxyl groups is 1. The molecule has 4 heterocycles. The molecule has 1 N–H and O–H groups in total. The number of imide groups is 2. The first-order chi connectivity index (χ1) is 27.8. The van der Waals surface area contributed by atoms with Crippen LogP contribution in [-0.2, 0) is 26.2 Å². The number of ketones is 1. The van der Waals surface area contributed by atoms with Gasteiger partial charge < -0.3 is 5.11 Å². The second kappa shape index (κ2) is 12.8. The van der Waals surface area contributed by atoms with Crippen LogP contribution >= 0.6 is 22.9 Å². The van der Waals surface area contributed by atoms with Crippen LogP contribution in [-0.4, -0.2) is 44.3 Å². The van der Waals surface area contributed by atoms with Crippen LogP contribution in [0.4, 0.5) is 11.5 Å². The van der Waals surface area contributed by atoms with Crippen LogP contribution in [0.3, 0.4) is 0 Å². The van der Waals surface area contributed by atoms with Gasteiger partial charge in [-0.2, -0.15) is 5.10 Å². The van der Waals surface area contributed by atoms with Crippen LogP contribution < -0.4 is 9.80 Å². The Morgan fingerprint density at radius 2 is 1.66 bits per heavy atom. The zero-order chi connectivity index (χ0) is 40.5. The van der Waals surface area contributed by atoms with Gasteiger partial charge in [0.1, 0.15) is 17.3 Å². The van der Waals surface area contributed by atoms with Crippen LogP contribution in [0.2, 0.25) is 5.02 Å². The molecular formula is C46H37ClN4O6S. The van der Waals surface area contributed by atoms with Crippen LogP contribution in [0.5, 0.6) is 5.75 Å². The van der Waals surface area contributed by atoms with Gasteiger partial charge in [-0.05, 0) is 98.3 Å². The van der Waals surface area contributed by atoms with Crippen molar-refractivity contribution in [2.24, 2.45) is 36.1 Å². The maximum Gasteiger partial charge on any atom is 0.242 e. The predicted molar refractivity (Wildman–Crippen MR) is 223 cm³/mol. The Labute approximate surface area is 342 Å². The summed E-state index contributed by atoms with van der Waals surface area (Å²) < 4.78 is 2.59. The van der Waals surface area contributed by atoms with Crippen molar-refractivity contribution in [3.63, 3.8) is 0 Å². The topological polar surface area (TPSA) is 130 Å². The number of hydrogen-bond donors (Lipinski definition) is 1. The third-order valence-corrected chi connectivity index (χ3v) is 14.8. The number of aryl methyl sites for hydroxylation is 2. The number of thiophene rings is 1. The first kappa shape index (κ1) is 36.4. The van der Waals surface area contributed by atoms with E-state index in [4.69, 9.17) is 16.7 Å². The summed E-state index contributed by atoms with van der Waals surface area (Å²) in [6, 6.07) is 25.1. The number of nitrogens with zero attached hydrogens (tertiary/aromatic N) is 4. The van der Waals surface area contributed by atoms with Gasteiger partial charge in [-0.25, -0.2) is 4.90 Å². The Morgan fingerprint density at radius 3 is 2.41 bits per heavy atom. The predicted octanol–water partition coefficient (Wildman–Crippen LogP) is 8.76. The normalized spacial score (nSPS) is 25.4. The molecule has 4 aromatic carbocycles. The van der Waals surface area contributed by atoms with Crippen molar-refractivity contribution >= 4 is 84.7 Å². The van der Waals surface area contributed by atoms with Crippen molar-refractivity contribution in [1.29, 1.82) is 0 Å². The molecule has 3 fully saturated rings. The van der Waals surface area contributed by atoms with Crippen molar-refractivity contribution in [3.05, 3.63) is 118 Å². The minimum Gasteiger partial charge on any atom is -0.507 e. The molecule has 0 spiro atoms. The molecule has 2 saturated heterocycles. The average Bonchev–Trinajstić information content (AvgIpc) is 3.88. The monoisotopic (exact) mass is 808 g/mol. The summed E-state index contributed by atoms with van der Waals surface area (Å²) in [5, 5.41) is 19.9. The highest BCUT2D eigenvalue weighted by molar-refractivity contribution is 7.22. The van der Waals surface area contributed by atoms with Crippen LogP contribution in [0.25, 0.3) is 31.4 Å². The van der Waals surface area contributed by atoms with Crippen molar-refractivity contribution in [2.45, 2.75) is 39.5 Å². The van der Waals surface area contributed by atoms with Crippen LogP contribution in [0, 0.1) is 36.0 Å². The van der Waals surface area contributed by atoms with Crippen LogP contribution in [0.15, 0.2) is 96.6 Å². The highest BCUT2D eigenvalue weighted by atomic mass is 35.5. The van der Waals surface area contributed by atoms with E-state index >= 15 is 9.59 Å². The summed E-state index contributed by atoms with van der Waals surface area (Å²) in [4.78, 5) is 74.4. The number of phenols is 1. The number of phenolic OH excluding ortho intramolecular Hbond substituents is 1. The number of aromatic nitrogens is 2. The van der Waals surface area contributed by atoms with Gasteiger partial charge >= 0.3 is 0 Å².